The van der Waals surface area contributed by atoms with Gasteiger partial charge in [0.15, 0.2) is 5.72 Å². The molecule has 0 aliphatic carbocycles. The zero-order valence-electron chi connectivity index (χ0n) is 12.7. The fraction of sp³-hybridized carbons (Fsp3) is 0.462. The highest BCUT2D eigenvalue weighted by Crippen LogP contribution is 2.43. The van der Waals surface area contributed by atoms with E-state index in [1.807, 2.05) is 6.92 Å². The number of halogens is 1. The Hall–Kier alpha value is -0.640. The van der Waals surface area contributed by atoms with Crippen molar-refractivity contribution >= 4 is 38.4 Å². The molecule has 2 atom stereocenters. The molecule has 1 aliphatic rings. The van der Waals surface area contributed by atoms with Crippen molar-refractivity contribution in [3.8, 4) is 0 Å². The Morgan fingerprint density at radius 1 is 1.45 bits per heavy atom. The summed E-state index contributed by atoms with van der Waals surface area (Å²) in [4.78, 5) is 1.53. The van der Waals surface area contributed by atoms with Gasteiger partial charge < -0.3 is 5.11 Å². The number of hydrogen-bond acceptors (Lipinski definition) is 6. The van der Waals surface area contributed by atoms with Crippen LogP contribution in [0.4, 0.5) is 0 Å². The summed E-state index contributed by atoms with van der Waals surface area (Å²) in [5, 5.41) is 19.0. The maximum atomic E-state index is 12.3. The lowest BCUT2D eigenvalue weighted by Gasteiger charge is -2.32. The Kier molecular flexibility index (Phi) is 4.65. The molecule has 2 rings (SSSR count). The molecule has 1 aromatic rings. The SMILES string of the molecule is CC1SC(=N)C(O)(c2ccc(Cl)c(S(=O)(=O)N(C)C)c2)N1C. The summed E-state index contributed by atoms with van der Waals surface area (Å²) in [6, 6.07) is 4.31. The molecule has 2 N–H and O–H groups in total. The van der Waals surface area contributed by atoms with Gasteiger partial charge in [0.2, 0.25) is 10.0 Å². The van der Waals surface area contributed by atoms with Crippen LogP contribution < -0.4 is 0 Å². The first-order chi connectivity index (χ1) is 10.0. The molecule has 1 aromatic carbocycles. The van der Waals surface area contributed by atoms with Crippen LogP contribution in [0.25, 0.3) is 0 Å². The summed E-state index contributed by atoms with van der Waals surface area (Å²) < 4.78 is 25.7. The Bertz CT molecular complexity index is 723. The molecular weight excluding hydrogens is 346 g/mol. The second kappa shape index (κ2) is 5.77. The second-order valence-electron chi connectivity index (χ2n) is 5.26. The van der Waals surface area contributed by atoms with Gasteiger partial charge in [-0.1, -0.05) is 29.4 Å². The fourth-order valence-electron chi connectivity index (χ4n) is 2.20. The monoisotopic (exact) mass is 363 g/mol. The number of thioether (sulfide) groups is 1. The largest absolute Gasteiger partial charge is 0.366 e. The van der Waals surface area contributed by atoms with Crippen LogP contribution in [-0.2, 0) is 15.7 Å². The van der Waals surface area contributed by atoms with Gasteiger partial charge in [-0.25, -0.2) is 12.7 Å². The molecule has 0 spiro atoms. The van der Waals surface area contributed by atoms with Crippen molar-refractivity contribution in [1.29, 1.82) is 5.41 Å². The minimum absolute atomic E-state index is 0.0537. The second-order valence-corrected chi connectivity index (χ2v) is 9.12. The van der Waals surface area contributed by atoms with E-state index in [4.69, 9.17) is 17.0 Å². The molecule has 0 amide bonds. The van der Waals surface area contributed by atoms with E-state index in [1.165, 1.54) is 38.0 Å². The molecule has 9 heteroatoms. The molecule has 0 saturated carbocycles. The molecule has 6 nitrogen and oxygen atoms in total. The van der Waals surface area contributed by atoms with E-state index in [-0.39, 0.29) is 20.3 Å². The number of nitrogens with zero attached hydrogens (tertiary/aromatic N) is 2. The number of rotatable bonds is 3. The highest BCUT2D eigenvalue weighted by Gasteiger charge is 2.48. The van der Waals surface area contributed by atoms with Crippen LogP contribution in [0.3, 0.4) is 0 Å². The van der Waals surface area contributed by atoms with E-state index < -0.39 is 15.7 Å². The molecule has 0 aromatic heterocycles. The van der Waals surface area contributed by atoms with E-state index in [9.17, 15) is 13.5 Å². The summed E-state index contributed by atoms with van der Waals surface area (Å²) in [6.45, 7) is 1.87. The third kappa shape index (κ3) is 2.57. The Morgan fingerprint density at radius 3 is 2.50 bits per heavy atom. The quantitative estimate of drug-likeness (QED) is 0.854. The van der Waals surface area contributed by atoms with Crippen LogP contribution in [0.2, 0.25) is 5.02 Å². The van der Waals surface area contributed by atoms with Crippen molar-refractivity contribution in [3.05, 3.63) is 28.8 Å². The van der Waals surface area contributed by atoms with Crippen LogP contribution in [0.1, 0.15) is 12.5 Å². The molecule has 0 radical (unpaired) electrons. The lowest BCUT2D eigenvalue weighted by molar-refractivity contribution is -0.0348. The average Bonchev–Trinajstić information content (AvgIpc) is 2.63. The Balaban J connectivity index is 2.63. The van der Waals surface area contributed by atoms with Crippen LogP contribution >= 0.6 is 23.4 Å². The van der Waals surface area contributed by atoms with Crippen LogP contribution in [-0.4, -0.2) is 54.3 Å². The first kappa shape index (κ1) is 17.7. The van der Waals surface area contributed by atoms with E-state index in [0.717, 1.165) is 4.31 Å². The number of benzene rings is 1. The highest BCUT2D eigenvalue weighted by atomic mass is 35.5. The maximum absolute atomic E-state index is 12.3. The van der Waals surface area contributed by atoms with E-state index in [2.05, 4.69) is 0 Å². The van der Waals surface area contributed by atoms with Gasteiger partial charge in [-0.3, -0.25) is 10.3 Å². The first-order valence-corrected chi connectivity index (χ1v) is 9.16. The molecular formula is C13H18ClN3O3S2. The molecule has 1 heterocycles. The zero-order chi connectivity index (χ0) is 16.9. The van der Waals surface area contributed by atoms with Crippen molar-refractivity contribution in [2.45, 2.75) is 22.9 Å². The predicted molar refractivity (Wildman–Crippen MR) is 88.8 cm³/mol. The van der Waals surface area contributed by atoms with Crippen LogP contribution in [0.15, 0.2) is 23.1 Å². The summed E-state index contributed by atoms with van der Waals surface area (Å²) in [5.74, 6) is 0. The van der Waals surface area contributed by atoms with Crippen molar-refractivity contribution in [1.82, 2.24) is 9.21 Å². The number of sulfonamides is 1. The van der Waals surface area contributed by atoms with Crippen molar-refractivity contribution in [3.63, 3.8) is 0 Å². The minimum Gasteiger partial charge on any atom is -0.366 e. The maximum Gasteiger partial charge on any atom is 0.244 e. The standard InChI is InChI=1S/C13H18ClN3O3S2/c1-8-17(4)13(18,12(15)21-8)9-5-6-10(14)11(7-9)22(19,20)16(2)3/h5-8,15,18H,1-4H3. The van der Waals surface area contributed by atoms with E-state index >= 15 is 0 Å². The smallest absolute Gasteiger partial charge is 0.244 e. The highest BCUT2D eigenvalue weighted by molar-refractivity contribution is 8.14. The van der Waals surface area contributed by atoms with Gasteiger partial charge in [-0.15, -0.1) is 0 Å². The summed E-state index contributed by atoms with van der Waals surface area (Å²) >= 11 is 7.24. The normalized spacial score (nSPS) is 26.9. The number of nitrogens with one attached hydrogen (secondary N) is 1. The Morgan fingerprint density at radius 2 is 2.05 bits per heavy atom. The summed E-state index contributed by atoms with van der Waals surface area (Å²) in [5.41, 5.74) is -1.34. The van der Waals surface area contributed by atoms with Gasteiger partial charge in [0.25, 0.3) is 0 Å². The lowest BCUT2D eigenvalue weighted by Crippen LogP contribution is -2.45. The lowest BCUT2D eigenvalue weighted by atomic mass is 10.0. The molecule has 1 saturated heterocycles. The molecule has 2 unspecified atom stereocenters. The number of aliphatic hydroxyl groups is 1. The van der Waals surface area contributed by atoms with Gasteiger partial charge in [0.05, 0.1) is 10.4 Å². The van der Waals surface area contributed by atoms with Gasteiger partial charge in [0.1, 0.15) is 9.94 Å². The predicted octanol–water partition coefficient (Wildman–Crippen LogP) is 1.74. The minimum atomic E-state index is -3.74. The fourth-order valence-corrected chi connectivity index (χ4v) is 4.68. The molecule has 1 fully saturated rings. The molecule has 1 aliphatic heterocycles. The third-order valence-electron chi connectivity index (χ3n) is 3.75. The van der Waals surface area contributed by atoms with Gasteiger partial charge >= 0.3 is 0 Å². The molecule has 122 valence electrons. The average molecular weight is 364 g/mol. The summed E-state index contributed by atoms with van der Waals surface area (Å²) in [7, 11) is 0.771. The zero-order valence-corrected chi connectivity index (χ0v) is 15.1. The first-order valence-electron chi connectivity index (χ1n) is 6.46. The van der Waals surface area contributed by atoms with E-state index in [0.29, 0.717) is 5.56 Å². The summed E-state index contributed by atoms with van der Waals surface area (Å²) in [6.07, 6.45) is 0. The van der Waals surface area contributed by atoms with Crippen LogP contribution in [0, 0.1) is 5.41 Å². The Labute approximate surface area is 139 Å². The van der Waals surface area contributed by atoms with Crippen LogP contribution in [0.5, 0.6) is 0 Å². The van der Waals surface area contributed by atoms with E-state index in [1.54, 1.807) is 18.0 Å². The third-order valence-corrected chi connectivity index (χ3v) is 7.23. The van der Waals surface area contributed by atoms with Crippen molar-refractivity contribution < 1.29 is 13.5 Å². The molecule has 22 heavy (non-hydrogen) atoms. The van der Waals surface area contributed by atoms with Crippen molar-refractivity contribution in [2.75, 3.05) is 21.1 Å². The van der Waals surface area contributed by atoms with Gasteiger partial charge in [-0.2, -0.15) is 0 Å². The van der Waals surface area contributed by atoms with Gasteiger partial charge in [-0.05, 0) is 26.1 Å². The van der Waals surface area contributed by atoms with Crippen molar-refractivity contribution in [2.24, 2.45) is 0 Å². The molecule has 0 bridgehead atoms. The van der Waals surface area contributed by atoms with Gasteiger partial charge in [0, 0.05) is 19.7 Å². The number of hydrogen-bond donors (Lipinski definition) is 2. The topological polar surface area (TPSA) is 84.7 Å².